The topological polar surface area (TPSA) is 50.4 Å². The molecule has 1 aliphatic carbocycles. The summed E-state index contributed by atoms with van der Waals surface area (Å²) in [4.78, 5) is 14.1. The van der Waals surface area contributed by atoms with Crippen LogP contribution in [0.2, 0.25) is 0 Å². The summed E-state index contributed by atoms with van der Waals surface area (Å²) >= 11 is 8.80. The molecule has 0 fully saturated rings. The quantitative estimate of drug-likeness (QED) is 0.609. The van der Waals surface area contributed by atoms with Gasteiger partial charge in [-0.2, -0.15) is 0 Å². The molecule has 1 aromatic heterocycles. The van der Waals surface area contributed by atoms with Crippen LogP contribution in [-0.2, 0) is 12.8 Å². The van der Waals surface area contributed by atoms with E-state index in [0.29, 0.717) is 5.92 Å². The lowest BCUT2D eigenvalue weighted by Gasteiger charge is -2.27. The molecule has 2 N–H and O–H groups in total. The summed E-state index contributed by atoms with van der Waals surface area (Å²) in [5.41, 5.74) is 3.08. The maximum atomic E-state index is 12.8. The Morgan fingerprint density at radius 1 is 1.24 bits per heavy atom. The van der Waals surface area contributed by atoms with Crippen LogP contribution in [0.4, 0.5) is 5.00 Å². The molecule has 2 heterocycles. The molecule has 4 nitrogen and oxygen atoms in total. The molecular formula is C18H18Br2N2O2S. The van der Waals surface area contributed by atoms with Crippen LogP contribution in [0.25, 0.3) is 0 Å². The highest BCUT2D eigenvalue weighted by Gasteiger charge is 2.33. The van der Waals surface area contributed by atoms with Gasteiger partial charge in [-0.25, -0.2) is 0 Å². The molecule has 0 saturated heterocycles. The molecule has 0 spiro atoms. The van der Waals surface area contributed by atoms with Crippen molar-refractivity contribution >= 4 is 54.1 Å². The fourth-order valence-corrected chi connectivity index (χ4v) is 6.55. The van der Waals surface area contributed by atoms with Crippen molar-refractivity contribution < 1.29 is 9.53 Å². The number of nitrogens with one attached hydrogen (secondary N) is 2. The predicted octanol–water partition coefficient (Wildman–Crippen LogP) is 5.26. The van der Waals surface area contributed by atoms with E-state index in [4.69, 9.17) is 4.74 Å². The molecule has 2 aliphatic rings. The van der Waals surface area contributed by atoms with E-state index in [1.54, 1.807) is 18.4 Å². The second kappa shape index (κ2) is 6.59. The Labute approximate surface area is 167 Å². The molecule has 0 saturated carbocycles. The zero-order valence-electron chi connectivity index (χ0n) is 13.9. The van der Waals surface area contributed by atoms with E-state index in [1.165, 1.54) is 10.4 Å². The lowest BCUT2D eigenvalue weighted by molar-refractivity contribution is 0.0935. The van der Waals surface area contributed by atoms with Gasteiger partial charge in [0.25, 0.3) is 5.91 Å². The Morgan fingerprint density at radius 2 is 1.96 bits per heavy atom. The third-order valence-electron chi connectivity index (χ3n) is 4.85. The van der Waals surface area contributed by atoms with Gasteiger partial charge in [0.05, 0.1) is 21.6 Å². The fourth-order valence-electron chi connectivity index (χ4n) is 3.57. The van der Waals surface area contributed by atoms with Crippen molar-refractivity contribution in [3.8, 4) is 5.75 Å². The second-order valence-corrected chi connectivity index (χ2v) is 9.44. The minimum atomic E-state index is -0.254. The molecular weight excluding hydrogens is 468 g/mol. The summed E-state index contributed by atoms with van der Waals surface area (Å²) in [7, 11) is 1.63. The summed E-state index contributed by atoms with van der Waals surface area (Å²) in [6.07, 6.45) is 2.98. The van der Waals surface area contributed by atoms with Gasteiger partial charge in [-0.05, 0) is 80.3 Å². The zero-order chi connectivity index (χ0) is 17.7. The van der Waals surface area contributed by atoms with Gasteiger partial charge < -0.3 is 15.4 Å². The molecule has 0 bridgehead atoms. The summed E-state index contributed by atoms with van der Waals surface area (Å²) in [5, 5.41) is 7.61. The smallest absolute Gasteiger partial charge is 0.256 e. The Bertz CT molecular complexity index is 842. The van der Waals surface area contributed by atoms with Crippen LogP contribution >= 0.6 is 43.2 Å². The number of anilines is 1. The van der Waals surface area contributed by atoms with Crippen molar-refractivity contribution in [1.29, 1.82) is 0 Å². The van der Waals surface area contributed by atoms with Crippen molar-refractivity contribution in [2.24, 2.45) is 5.92 Å². The standard InChI is InChI=1S/C18H18Br2N2O2S/c1-8-3-4-10-13(5-8)25-18-14(10)17(23)21-16(22-18)9-6-11(19)15(24-2)12(20)7-9/h6-8,16,22H,3-5H2,1-2H3,(H,21,23)/t8-,16+/m0/s1. The maximum Gasteiger partial charge on any atom is 0.256 e. The number of halogens is 2. The Hall–Kier alpha value is -1.05. The minimum Gasteiger partial charge on any atom is -0.494 e. The van der Waals surface area contributed by atoms with E-state index in [9.17, 15) is 4.79 Å². The molecule has 1 aliphatic heterocycles. The van der Waals surface area contributed by atoms with Crippen LogP contribution in [0.5, 0.6) is 5.75 Å². The number of ether oxygens (including phenoxy) is 1. The Balaban J connectivity index is 1.69. The van der Waals surface area contributed by atoms with Crippen molar-refractivity contribution in [2.45, 2.75) is 32.4 Å². The van der Waals surface area contributed by atoms with Gasteiger partial charge in [0, 0.05) is 4.88 Å². The largest absolute Gasteiger partial charge is 0.494 e. The van der Waals surface area contributed by atoms with Gasteiger partial charge in [-0.1, -0.05) is 6.92 Å². The van der Waals surface area contributed by atoms with E-state index in [1.807, 2.05) is 12.1 Å². The molecule has 1 aromatic carbocycles. The van der Waals surface area contributed by atoms with Gasteiger partial charge in [-0.15, -0.1) is 11.3 Å². The highest BCUT2D eigenvalue weighted by atomic mass is 79.9. The van der Waals surface area contributed by atoms with E-state index in [0.717, 1.165) is 50.1 Å². The van der Waals surface area contributed by atoms with Gasteiger partial charge in [-0.3, -0.25) is 4.79 Å². The number of methoxy groups -OCH3 is 1. The number of thiophene rings is 1. The highest BCUT2D eigenvalue weighted by Crippen LogP contribution is 2.43. The molecule has 4 rings (SSSR count). The van der Waals surface area contributed by atoms with E-state index >= 15 is 0 Å². The number of carbonyl (C=O) groups is 1. The van der Waals surface area contributed by atoms with Crippen LogP contribution in [0.1, 0.15) is 45.9 Å². The van der Waals surface area contributed by atoms with Crippen LogP contribution in [-0.4, -0.2) is 13.0 Å². The fraction of sp³-hybridized carbons (Fsp3) is 0.389. The zero-order valence-corrected chi connectivity index (χ0v) is 17.9. The van der Waals surface area contributed by atoms with Crippen molar-refractivity contribution in [3.05, 3.63) is 42.6 Å². The molecule has 7 heteroatoms. The van der Waals surface area contributed by atoms with Crippen LogP contribution in [0, 0.1) is 5.92 Å². The van der Waals surface area contributed by atoms with E-state index in [-0.39, 0.29) is 12.1 Å². The average molecular weight is 486 g/mol. The van der Waals surface area contributed by atoms with E-state index in [2.05, 4.69) is 49.4 Å². The first-order chi connectivity index (χ1) is 12.0. The van der Waals surface area contributed by atoms with Crippen molar-refractivity contribution in [1.82, 2.24) is 5.32 Å². The summed E-state index contributed by atoms with van der Waals surface area (Å²) in [5.74, 6) is 1.46. The van der Waals surface area contributed by atoms with Crippen molar-refractivity contribution in [2.75, 3.05) is 12.4 Å². The van der Waals surface area contributed by atoms with Gasteiger partial charge >= 0.3 is 0 Å². The minimum absolute atomic E-state index is 0.0221. The number of rotatable bonds is 2. The van der Waals surface area contributed by atoms with Crippen LogP contribution in [0.3, 0.4) is 0 Å². The highest BCUT2D eigenvalue weighted by molar-refractivity contribution is 9.11. The Morgan fingerprint density at radius 3 is 2.64 bits per heavy atom. The molecule has 2 atom stereocenters. The third-order valence-corrected chi connectivity index (χ3v) is 7.21. The molecule has 0 radical (unpaired) electrons. The van der Waals surface area contributed by atoms with Crippen molar-refractivity contribution in [3.63, 3.8) is 0 Å². The molecule has 1 amide bonds. The first kappa shape index (κ1) is 17.4. The summed E-state index contributed by atoms with van der Waals surface area (Å²) < 4.78 is 7.06. The number of hydrogen-bond acceptors (Lipinski definition) is 4. The predicted molar refractivity (Wildman–Crippen MR) is 108 cm³/mol. The van der Waals surface area contributed by atoms with Crippen LogP contribution < -0.4 is 15.4 Å². The summed E-state index contributed by atoms with van der Waals surface area (Å²) in [6.45, 7) is 2.28. The number of benzene rings is 1. The average Bonchev–Trinajstić information content (AvgIpc) is 2.92. The van der Waals surface area contributed by atoms with Gasteiger partial charge in [0.1, 0.15) is 16.9 Å². The first-order valence-electron chi connectivity index (χ1n) is 8.22. The number of hydrogen-bond donors (Lipinski definition) is 2. The van der Waals surface area contributed by atoms with Crippen LogP contribution in [0.15, 0.2) is 21.1 Å². The first-order valence-corrected chi connectivity index (χ1v) is 10.6. The molecule has 25 heavy (non-hydrogen) atoms. The molecule has 132 valence electrons. The maximum absolute atomic E-state index is 12.8. The van der Waals surface area contributed by atoms with E-state index < -0.39 is 0 Å². The Kier molecular flexibility index (Phi) is 4.58. The lowest BCUT2D eigenvalue weighted by atomic mass is 9.88. The summed E-state index contributed by atoms with van der Waals surface area (Å²) in [6, 6.07) is 3.95. The second-order valence-electron chi connectivity index (χ2n) is 6.62. The normalized spacial score (nSPS) is 21.8. The van der Waals surface area contributed by atoms with Gasteiger partial charge in [0.15, 0.2) is 0 Å². The lowest BCUT2D eigenvalue weighted by Crippen LogP contribution is -2.38. The SMILES string of the molecule is COc1c(Br)cc([C@@H]2NC(=O)c3c(sc4c3CC[C@H](C)C4)N2)cc1Br. The number of carbonyl (C=O) groups excluding carboxylic acids is 1. The monoisotopic (exact) mass is 484 g/mol. The van der Waals surface area contributed by atoms with Gasteiger partial charge in [0.2, 0.25) is 0 Å². The molecule has 0 unspecified atom stereocenters. The number of fused-ring (bicyclic) bond motifs is 3. The third kappa shape index (κ3) is 3.00. The number of amides is 1. The molecule has 2 aromatic rings.